The molecule has 0 spiro atoms. The van der Waals surface area contributed by atoms with Crippen molar-refractivity contribution >= 4 is 15.6 Å². The van der Waals surface area contributed by atoms with Gasteiger partial charge in [-0.1, -0.05) is 24.3 Å². The molecule has 1 heterocycles. The largest absolute Gasteiger partial charge is 0.295 e. The summed E-state index contributed by atoms with van der Waals surface area (Å²) in [5, 5.41) is 0. The lowest BCUT2D eigenvalue weighted by Crippen LogP contribution is -2.04. The van der Waals surface area contributed by atoms with Gasteiger partial charge in [-0.15, -0.1) is 0 Å². The maximum atomic E-state index is 11.3. The zero-order valence-corrected chi connectivity index (χ0v) is 9.96. The zero-order chi connectivity index (χ0) is 11.8. The van der Waals surface area contributed by atoms with Crippen molar-refractivity contribution in [3.05, 3.63) is 35.4 Å². The van der Waals surface area contributed by atoms with Crippen LogP contribution >= 0.6 is 0 Å². The minimum atomic E-state index is -2.84. The van der Waals surface area contributed by atoms with Crippen molar-refractivity contribution in [2.45, 2.75) is 19.3 Å². The smallest absolute Gasteiger partial charge is 0.159 e. The number of ketones is 1. The minimum absolute atomic E-state index is 0.0330. The highest BCUT2D eigenvalue weighted by Gasteiger charge is 2.28. The van der Waals surface area contributed by atoms with Gasteiger partial charge in [-0.3, -0.25) is 4.79 Å². The average molecular weight is 238 g/mol. The Morgan fingerprint density at radius 2 is 1.88 bits per heavy atom. The van der Waals surface area contributed by atoms with Gasteiger partial charge in [0.25, 0.3) is 0 Å². The quantitative estimate of drug-likeness (QED) is 0.738. The van der Waals surface area contributed by atoms with Gasteiger partial charge in [0, 0.05) is 5.56 Å². The van der Waals surface area contributed by atoms with Gasteiger partial charge < -0.3 is 0 Å². The highest BCUT2D eigenvalue weighted by atomic mass is 32.2. The van der Waals surface area contributed by atoms with Crippen LogP contribution < -0.4 is 0 Å². The van der Waals surface area contributed by atoms with Crippen molar-refractivity contribution in [3.8, 4) is 0 Å². The van der Waals surface area contributed by atoms with Crippen LogP contribution in [-0.4, -0.2) is 25.7 Å². The summed E-state index contributed by atoms with van der Waals surface area (Å²) in [4.78, 5) is 11.1. The normalized spacial score (nSPS) is 23.2. The van der Waals surface area contributed by atoms with Crippen LogP contribution in [0.2, 0.25) is 0 Å². The lowest BCUT2D eigenvalue weighted by molar-refractivity contribution is 0.101. The van der Waals surface area contributed by atoms with Gasteiger partial charge in [0.2, 0.25) is 0 Å². The maximum Gasteiger partial charge on any atom is 0.159 e. The first-order chi connectivity index (χ1) is 7.48. The Morgan fingerprint density at radius 3 is 2.31 bits per heavy atom. The van der Waals surface area contributed by atoms with Crippen molar-refractivity contribution in [1.29, 1.82) is 0 Å². The number of sulfone groups is 1. The van der Waals surface area contributed by atoms with Crippen LogP contribution in [0.15, 0.2) is 24.3 Å². The molecule has 86 valence electrons. The molecule has 1 fully saturated rings. The molecule has 1 aliphatic heterocycles. The molecule has 3 nitrogen and oxygen atoms in total. The predicted octanol–water partition coefficient (Wildman–Crippen LogP) is 1.79. The second-order valence-electron chi connectivity index (χ2n) is 4.28. The van der Waals surface area contributed by atoms with Gasteiger partial charge in [0.05, 0.1) is 11.5 Å². The van der Waals surface area contributed by atoms with Crippen LogP contribution in [0.5, 0.6) is 0 Å². The zero-order valence-electron chi connectivity index (χ0n) is 9.14. The van der Waals surface area contributed by atoms with Crippen molar-refractivity contribution in [3.63, 3.8) is 0 Å². The van der Waals surface area contributed by atoms with E-state index in [0.29, 0.717) is 12.0 Å². The Hall–Kier alpha value is -1.16. The average Bonchev–Trinajstić information content (AvgIpc) is 2.59. The third-order valence-electron chi connectivity index (χ3n) is 3.02. The number of rotatable bonds is 2. The van der Waals surface area contributed by atoms with Gasteiger partial charge in [-0.25, -0.2) is 8.42 Å². The van der Waals surface area contributed by atoms with E-state index in [1.54, 1.807) is 12.1 Å². The Balaban J connectivity index is 2.20. The summed E-state index contributed by atoms with van der Waals surface area (Å²) in [6, 6.07) is 7.26. The molecule has 4 heteroatoms. The third kappa shape index (κ3) is 2.32. The lowest BCUT2D eigenvalue weighted by atomic mass is 9.97. The fourth-order valence-electron chi connectivity index (χ4n) is 2.05. The van der Waals surface area contributed by atoms with Gasteiger partial charge in [0.1, 0.15) is 0 Å². The van der Waals surface area contributed by atoms with Crippen LogP contribution in [0, 0.1) is 0 Å². The Bertz CT molecular complexity index is 500. The van der Waals surface area contributed by atoms with Crippen molar-refractivity contribution in [2.24, 2.45) is 0 Å². The predicted molar refractivity (Wildman–Crippen MR) is 62.5 cm³/mol. The number of benzene rings is 1. The second kappa shape index (κ2) is 4.01. The molecule has 1 saturated heterocycles. The SMILES string of the molecule is CC(=O)c1ccc([C@H]2CCS(=O)(=O)C2)cc1. The molecule has 2 rings (SSSR count). The first kappa shape index (κ1) is 11.3. The van der Waals surface area contributed by atoms with Gasteiger partial charge >= 0.3 is 0 Å². The summed E-state index contributed by atoms with van der Waals surface area (Å²) in [5.41, 5.74) is 1.69. The van der Waals surface area contributed by atoms with E-state index in [-0.39, 0.29) is 23.2 Å². The first-order valence-electron chi connectivity index (χ1n) is 5.29. The first-order valence-corrected chi connectivity index (χ1v) is 7.11. The van der Waals surface area contributed by atoms with Crippen molar-refractivity contribution in [1.82, 2.24) is 0 Å². The summed E-state index contributed by atoms with van der Waals surface area (Å²) >= 11 is 0. The molecule has 0 amide bonds. The van der Waals surface area contributed by atoms with Gasteiger partial charge in [0.15, 0.2) is 15.6 Å². The summed E-state index contributed by atoms with van der Waals surface area (Å²) < 4.78 is 22.7. The molecule has 0 bridgehead atoms. The van der Waals surface area contributed by atoms with E-state index in [2.05, 4.69) is 0 Å². The van der Waals surface area contributed by atoms with Gasteiger partial charge in [-0.2, -0.15) is 0 Å². The number of carbonyl (C=O) groups excluding carboxylic acids is 1. The Kier molecular flexibility index (Phi) is 2.84. The Labute approximate surface area is 95.4 Å². The topological polar surface area (TPSA) is 51.2 Å². The highest BCUT2D eigenvalue weighted by molar-refractivity contribution is 7.91. The van der Waals surface area contributed by atoms with Crippen LogP contribution in [0.3, 0.4) is 0 Å². The molecule has 1 aromatic rings. The molecule has 0 N–H and O–H groups in total. The number of hydrogen-bond acceptors (Lipinski definition) is 3. The second-order valence-corrected chi connectivity index (χ2v) is 6.51. The minimum Gasteiger partial charge on any atom is -0.295 e. The van der Waals surface area contributed by atoms with E-state index in [0.717, 1.165) is 5.56 Å². The third-order valence-corrected chi connectivity index (χ3v) is 4.79. The molecule has 0 aliphatic carbocycles. The van der Waals surface area contributed by atoms with E-state index in [9.17, 15) is 13.2 Å². The lowest BCUT2D eigenvalue weighted by Gasteiger charge is -2.08. The van der Waals surface area contributed by atoms with Crippen LogP contribution in [0.25, 0.3) is 0 Å². The van der Waals surface area contributed by atoms with E-state index < -0.39 is 9.84 Å². The molecule has 1 atom stereocenters. The van der Waals surface area contributed by atoms with E-state index in [4.69, 9.17) is 0 Å². The summed E-state index contributed by atoms with van der Waals surface area (Å²) in [6.07, 6.45) is 0.696. The molecule has 16 heavy (non-hydrogen) atoms. The number of carbonyl (C=O) groups is 1. The maximum absolute atomic E-state index is 11.3. The number of hydrogen-bond donors (Lipinski definition) is 0. The summed E-state index contributed by atoms with van der Waals surface area (Å²) in [5.74, 6) is 0.662. The van der Waals surface area contributed by atoms with Crippen molar-refractivity contribution in [2.75, 3.05) is 11.5 Å². The van der Waals surface area contributed by atoms with Crippen LogP contribution in [-0.2, 0) is 9.84 Å². The summed E-state index contributed by atoms with van der Waals surface area (Å²) in [7, 11) is -2.84. The molecule has 0 radical (unpaired) electrons. The van der Waals surface area contributed by atoms with E-state index >= 15 is 0 Å². The number of Topliss-reactive ketones (excluding diaryl/α,β-unsaturated/α-hetero) is 1. The standard InChI is InChI=1S/C12H14O3S/c1-9(13)10-2-4-11(5-3-10)12-6-7-16(14,15)8-12/h2-5,12H,6-8H2,1H3/t12-/m0/s1. The van der Waals surface area contributed by atoms with Crippen molar-refractivity contribution < 1.29 is 13.2 Å². The Morgan fingerprint density at radius 1 is 1.25 bits per heavy atom. The van der Waals surface area contributed by atoms with Crippen LogP contribution in [0.1, 0.15) is 35.2 Å². The van der Waals surface area contributed by atoms with E-state index in [1.165, 1.54) is 6.92 Å². The monoisotopic (exact) mass is 238 g/mol. The molecular formula is C12H14O3S. The van der Waals surface area contributed by atoms with E-state index in [1.807, 2.05) is 12.1 Å². The highest BCUT2D eigenvalue weighted by Crippen LogP contribution is 2.28. The molecule has 1 aliphatic rings. The molecule has 0 unspecified atom stereocenters. The molecular weight excluding hydrogens is 224 g/mol. The fraction of sp³-hybridized carbons (Fsp3) is 0.417. The van der Waals surface area contributed by atoms with Crippen LogP contribution in [0.4, 0.5) is 0 Å². The fourth-order valence-corrected chi connectivity index (χ4v) is 3.83. The molecule has 0 saturated carbocycles. The molecule has 0 aromatic heterocycles. The molecule has 1 aromatic carbocycles. The van der Waals surface area contributed by atoms with Gasteiger partial charge in [-0.05, 0) is 24.8 Å². The summed E-state index contributed by atoms with van der Waals surface area (Å²) in [6.45, 7) is 1.52.